The smallest absolute Gasteiger partial charge is 0.234 e. The van der Waals surface area contributed by atoms with Gasteiger partial charge in [-0.2, -0.15) is 5.10 Å². The molecular weight excluding hydrogens is 302 g/mol. The molecule has 4 rings (SSSR count). The van der Waals surface area contributed by atoms with Gasteiger partial charge in [-0.1, -0.05) is 30.3 Å². The summed E-state index contributed by atoms with van der Waals surface area (Å²) in [5.74, 6) is 1.69. The van der Waals surface area contributed by atoms with E-state index in [1.165, 1.54) is 18.4 Å². The Morgan fingerprint density at radius 3 is 2.88 bits per heavy atom. The molecule has 2 atom stereocenters. The van der Waals surface area contributed by atoms with Gasteiger partial charge in [0, 0.05) is 12.5 Å². The molecule has 126 valence electrons. The fourth-order valence-electron chi connectivity index (χ4n) is 3.43. The molecule has 1 amide bonds. The van der Waals surface area contributed by atoms with Crippen molar-refractivity contribution in [3.8, 4) is 0 Å². The molecule has 1 fully saturated rings. The quantitative estimate of drug-likeness (QED) is 0.843. The van der Waals surface area contributed by atoms with Crippen LogP contribution in [0.1, 0.15) is 36.7 Å². The topological polar surface area (TPSA) is 71.8 Å². The third-order valence-corrected chi connectivity index (χ3v) is 4.93. The van der Waals surface area contributed by atoms with Gasteiger partial charge < -0.3 is 10.6 Å². The third kappa shape index (κ3) is 3.48. The number of benzene rings is 1. The Bertz CT molecular complexity index is 694. The third-order valence-electron chi connectivity index (χ3n) is 4.93. The van der Waals surface area contributed by atoms with E-state index in [9.17, 15) is 4.79 Å². The zero-order chi connectivity index (χ0) is 16.4. The molecule has 1 saturated carbocycles. The van der Waals surface area contributed by atoms with Gasteiger partial charge in [-0.25, -0.2) is 9.67 Å². The molecule has 1 aromatic carbocycles. The molecule has 0 unspecified atom stereocenters. The van der Waals surface area contributed by atoms with E-state index in [0.717, 1.165) is 25.2 Å². The second-order valence-electron chi connectivity index (χ2n) is 6.77. The first-order valence-corrected chi connectivity index (χ1v) is 8.74. The van der Waals surface area contributed by atoms with Crippen molar-refractivity contribution in [1.29, 1.82) is 0 Å². The summed E-state index contributed by atoms with van der Waals surface area (Å²) in [5, 5.41) is 10.8. The van der Waals surface area contributed by atoms with Crippen LogP contribution in [-0.4, -0.2) is 33.3 Å². The van der Waals surface area contributed by atoms with Crippen molar-refractivity contribution in [3.05, 3.63) is 48.0 Å². The highest BCUT2D eigenvalue weighted by Crippen LogP contribution is 2.40. The first kappa shape index (κ1) is 15.3. The van der Waals surface area contributed by atoms with Crippen molar-refractivity contribution in [3.63, 3.8) is 0 Å². The molecule has 1 aromatic heterocycles. The van der Waals surface area contributed by atoms with E-state index in [1.807, 2.05) is 22.9 Å². The second-order valence-corrected chi connectivity index (χ2v) is 6.77. The van der Waals surface area contributed by atoms with Gasteiger partial charge >= 0.3 is 0 Å². The minimum Gasteiger partial charge on any atom is -0.348 e. The predicted octanol–water partition coefficient (Wildman–Crippen LogP) is 1.45. The van der Waals surface area contributed by atoms with Crippen molar-refractivity contribution < 1.29 is 4.79 Å². The van der Waals surface area contributed by atoms with E-state index >= 15 is 0 Å². The molecule has 2 N–H and O–H groups in total. The maximum Gasteiger partial charge on any atom is 0.234 e. The molecule has 0 spiro atoms. The number of carbonyl (C=O) groups excluding carboxylic acids is 1. The first-order chi connectivity index (χ1) is 11.8. The van der Waals surface area contributed by atoms with Crippen LogP contribution in [0.15, 0.2) is 36.7 Å². The molecule has 2 aromatic rings. The zero-order valence-corrected chi connectivity index (χ0v) is 13.7. The van der Waals surface area contributed by atoms with Gasteiger partial charge in [-0.05, 0) is 30.7 Å². The first-order valence-electron chi connectivity index (χ1n) is 8.74. The van der Waals surface area contributed by atoms with E-state index in [-0.39, 0.29) is 18.0 Å². The summed E-state index contributed by atoms with van der Waals surface area (Å²) in [7, 11) is 0. The summed E-state index contributed by atoms with van der Waals surface area (Å²) >= 11 is 0. The Balaban J connectivity index is 1.30. The number of hydrogen-bond donors (Lipinski definition) is 2. The number of aromatic nitrogens is 3. The normalized spacial score (nSPS) is 21.1. The van der Waals surface area contributed by atoms with Crippen LogP contribution in [0.3, 0.4) is 0 Å². The van der Waals surface area contributed by atoms with Crippen LogP contribution < -0.4 is 10.6 Å². The molecule has 0 radical (unpaired) electrons. The standard InChI is InChI=1S/C18H23N5O/c24-17(10-19-15-8-9-16-20-12-21-23(16)11-15)22-18(14-6-7-14)13-4-2-1-3-5-13/h1-5,12,14-15,18-19H,6-11H2,(H,22,24)/t15-,18-/m1/s1. The number of aryl methyl sites for hydroxylation is 1. The van der Waals surface area contributed by atoms with E-state index < -0.39 is 0 Å². The van der Waals surface area contributed by atoms with Gasteiger partial charge in [-0.15, -0.1) is 0 Å². The number of rotatable bonds is 6. The second kappa shape index (κ2) is 6.73. The summed E-state index contributed by atoms with van der Waals surface area (Å²) < 4.78 is 1.93. The Labute approximate surface area is 141 Å². The van der Waals surface area contributed by atoms with Crippen molar-refractivity contribution in [1.82, 2.24) is 25.4 Å². The summed E-state index contributed by atoms with van der Waals surface area (Å²) in [6, 6.07) is 10.7. The monoisotopic (exact) mass is 325 g/mol. The Morgan fingerprint density at radius 1 is 1.25 bits per heavy atom. The number of amides is 1. The zero-order valence-electron chi connectivity index (χ0n) is 13.7. The number of carbonyl (C=O) groups is 1. The van der Waals surface area contributed by atoms with Crippen LogP contribution >= 0.6 is 0 Å². The minimum atomic E-state index is 0.0696. The Hall–Kier alpha value is -2.21. The van der Waals surface area contributed by atoms with Gasteiger partial charge in [0.1, 0.15) is 12.2 Å². The van der Waals surface area contributed by atoms with Crippen LogP contribution in [0.5, 0.6) is 0 Å². The van der Waals surface area contributed by atoms with Crippen LogP contribution in [0.25, 0.3) is 0 Å². The summed E-state index contributed by atoms with van der Waals surface area (Å²) in [5.41, 5.74) is 1.21. The van der Waals surface area contributed by atoms with Crippen molar-refractivity contribution in [2.45, 2.75) is 44.3 Å². The van der Waals surface area contributed by atoms with Crippen molar-refractivity contribution in [2.75, 3.05) is 6.54 Å². The molecule has 6 nitrogen and oxygen atoms in total. The average Bonchev–Trinajstić information content (AvgIpc) is 3.35. The summed E-state index contributed by atoms with van der Waals surface area (Å²) in [4.78, 5) is 16.6. The number of hydrogen-bond acceptors (Lipinski definition) is 4. The predicted molar refractivity (Wildman–Crippen MR) is 90.2 cm³/mol. The minimum absolute atomic E-state index is 0.0696. The van der Waals surface area contributed by atoms with Crippen LogP contribution in [0.2, 0.25) is 0 Å². The average molecular weight is 325 g/mol. The maximum absolute atomic E-state index is 12.4. The molecule has 2 heterocycles. The highest BCUT2D eigenvalue weighted by molar-refractivity contribution is 5.78. The van der Waals surface area contributed by atoms with Gasteiger partial charge in [0.25, 0.3) is 0 Å². The van der Waals surface area contributed by atoms with E-state index in [0.29, 0.717) is 12.5 Å². The summed E-state index contributed by atoms with van der Waals surface area (Å²) in [6.07, 6.45) is 5.91. The van der Waals surface area contributed by atoms with Gasteiger partial charge in [0.2, 0.25) is 5.91 Å². The van der Waals surface area contributed by atoms with Crippen LogP contribution in [0, 0.1) is 5.92 Å². The van der Waals surface area contributed by atoms with Crippen molar-refractivity contribution >= 4 is 5.91 Å². The largest absolute Gasteiger partial charge is 0.348 e. The van der Waals surface area contributed by atoms with Crippen LogP contribution in [-0.2, 0) is 17.8 Å². The SMILES string of the molecule is O=C(CN[C@@H]1CCc2ncnn2C1)N[C@H](c1ccccc1)C1CC1. The lowest BCUT2D eigenvalue weighted by Gasteiger charge is -2.24. The Morgan fingerprint density at radius 2 is 2.08 bits per heavy atom. The number of nitrogens with zero attached hydrogens (tertiary/aromatic N) is 3. The number of fused-ring (bicyclic) bond motifs is 1. The molecule has 1 aliphatic heterocycles. The van der Waals surface area contributed by atoms with E-state index in [2.05, 4.69) is 32.8 Å². The molecule has 2 aliphatic rings. The van der Waals surface area contributed by atoms with Crippen molar-refractivity contribution in [2.24, 2.45) is 5.92 Å². The molecule has 0 bridgehead atoms. The molecule has 0 saturated heterocycles. The lowest BCUT2D eigenvalue weighted by atomic mass is 10.0. The van der Waals surface area contributed by atoms with E-state index in [1.54, 1.807) is 6.33 Å². The maximum atomic E-state index is 12.4. The fourth-order valence-corrected chi connectivity index (χ4v) is 3.43. The lowest BCUT2D eigenvalue weighted by molar-refractivity contribution is -0.121. The van der Waals surface area contributed by atoms with Gasteiger partial charge in [0.05, 0.1) is 19.1 Å². The highest BCUT2D eigenvalue weighted by atomic mass is 16.2. The Kier molecular flexibility index (Phi) is 4.30. The van der Waals surface area contributed by atoms with E-state index in [4.69, 9.17) is 0 Å². The fraction of sp³-hybridized carbons (Fsp3) is 0.500. The molecule has 1 aliphatic carbocycles. The van der Waals surface area contributed by atoms with Gasteiger partial charge in [0.15, 0.2) is 0 Å². The van der Waals surface area contributed by atoms with Crippen LogP contribution in [0.4, 0.5) is 0 Å². The molecule has 6 heteroatoms. The highest BCUT2D eigenvalue weighted by Gasteiger charge is 2.33. The number of nitrogens with one attached hydrogen (secondary N) is 2. The van der Waals surface area contributed by atoms with Gasteiger partial charge in [-0.3, -0.25) is 4.79 Å². The molecular formula is C18H23N5O. The molecule has 24 heavy (non-hydrogen) atoms. The lowest BCUT2D eigenvalue weighted by Crippen LogP contribution is -2.44. The summed E-state index contributed by atoms with van der Waals surface area (Å²) in [6.45, 7) is 1.14.